The number of hydrogen-bond acceptors (Lipinski definition) is 1. The van der Waals surface area contributed by atoms with Gasteiger partial charge in [0.2, 0.25) is 0 Å². The fourth-order valence-corrected chi connectivity index (χ4v) is 1.33. The minimum absolute atomic E-state index is 0.472. The van der Waals surface area contributed by atoms with Crippen LogP contribution in [0, 0.1) is 11.8 Å². The quantitative estimate of drug-likeness (QED) is 0.393. The van der Waals surface area contributed by atoms with Gasteiger partial charge >= 0.3 is 0 Å². The summed E-state index contributed by atoms with van der Waals surface area (Å²) in [7, 11) is 0. The topological polar surface area (TPSA) is 20.2 Å². The largest absolute Gasteiger partial charge is 0.380 e. The molecule has 0 saturated carbocycles. The van der Waals surface area contributed by atoms with E-state index in [9.17, 15) is 5.11 Å². The minimum atomic E-state index is -0.472. The summed E-state index contributed by atoms with van der Waals surface area (Å²) in [6, 6.07) is 0. The Bertz CT molecular complexity index is 169. The zero-order chi connectivity index (χ0) is 10.6. The molecule has 1 nitrogen and oxygen atoms in total. The summed E-state index contributed by atoms with van der Waals surface area (Å²) >= 11 is 5.50. The fourth-order valence-electron chi connectivity index (χ4n) is 1.17. The monoisotopic (exact) mass is 216 g/mol. The first-order valence-electron chi connectivity index (χ1n) is 5.53. The molecule has 0 saturated heterocycles. The molecule has 0 heterocycles. The van der Waals surface area contributed by atoms with E-state index in [2.05, 4.69) is 18.8 Å². The minimum Gasteiger partial charge on any atom is -0.380 e. The zero-order valence-corrected chi connectivity index (χ0v) is 9.82. The van der Waals surface area contributed by atoms with Crippen LogP contribution in [0.3, 0.4) is 0 Å². The van der Waals surface area contributed by atoms with E-state index in [-0.39, 0.29) is 0 Å². The van der Waals surface area contributed by atoms with Gasteiger partial charge in [-0.25, -0.2) is 0 Å². The van der Waals surface area contributed by atoms with E-state index in [1.807, 2.05) is 0 Å². The molecule has 0 unspecified atom stereocenters. The summed E-state index contributed by atoms with van der Waals surface area (Å²) in [5.74, 6) is 6.46. The van der Waals surface area contributed by atoms with Gasteiger partial charge < -0.3 is 5.11 Å². The van der Waals surface area contributed by atoms with Crippen LogP contribution < -0.4 is 0 Å². The molecule has 0 aliphatic heterocycles. The lowest BCUT2D eigenvalue weighted by Gasteiger charge is -1.99. The standard InChI is InChI=1S/C12H21ClO/c1-2-3-4-5-6-7-9-12(14)10-8-11-13/h12,14H,2-6,8,10-11H2,1H3/t12-/m0/s1. The molecule has 0 spiro atoms. The molecule has 14 heavy (non-hydrogen) atoms. The van der Waals surface area contributed by atoms with E-state index in [4.69, 9.17) is 11.6 Å². The maximum Gasteiger partial charge on any atom is 0.114 e. The van der Waals surface area contributed by atoms with Gasteiger partial charge in [-0.15, -0.1) is 17.5 Å². The van der Waals surface area contributed by atoms with Crippen molar-refractivity contribution in [1.29, 1.82) is 0 Å². The van der Waals surface area contributed by atoms with Crippen molar-refractivity contribution in [3.05, 3.63) is 0 Å². The Morgan fingerprint density at radius 1 is 1.21 bits per heavy atom. The Labute approximate surface area is 92.9 Å². The maximum absolute atomic E-state index is 9.35. The Morgan fingerprint density at radius 3 is 2.64 bits per heavy atom. The van der Waals surface area contributed by atoms with Crippen molar-refractivity contribution in [3.8, 4) is 11.8 Å². The molecule has 0 aliphatic carbocycles. The van der Waals surface area contributed by atoms with Crippen LogP contribution in [0.15, 0.2) is 0 Å². The second-order valence-corrected chi connectivity index (χ2v) is 3.86. The molecular weight excluding hydrogens is 196 g/mol. The van der Waals surface area contributed by atoms with Gasteiger partial charge in [0.05, 0.1) is 0 Å². The highest BCUT2D eigenvalue weighted by molar-refractivity contribution is 6.17. The van der Waals surface area contributed by atoms with Gasteiger partial charge in [0, 0.05) is 12.3 Å². The molecule has 1 atom stereocenters. The average Bonchev–Trinajstić information content (AvgIpc) is 2.20. The zero-order valence-electron chi connectivity index (χ0n) is 9.06. The summed E-state index contributed by atoms with van der Waals surface area (Å²) in [5, 5.41) is 9.35. The summed E-state index contributed by atoms with van der Waals surface area (Å²) in [6.07, 6.45) is 6.94. The number of alkyl halides is 1. The SMILES string of the molecule is CCCCCCC#C[C@H](O)CCCCl. The van der Waals surface area contributed by atoms with E-state index in [1.54, 1.807) is 0 Å². The highest BCUT2D eigenvalue weighted by Crippen LogP contribution is 2.02. The van der Waals surface area contributed by atoms with Crippen LogP contribution in [0.5, 0.6) is 0 Å². The first kappa shape index (κ1) is 13.8. The third kappa shape index (κ3) is 9.89. The van der Waals surface area contributed by atoms with Crippen molar-refractivity contribution in [2.75, 3.05) is 5.88 Å². The second-order valence-electron chi connectivity index (χ2n) is 3.48. The van der Waals surface area contributed by atoms with Crippen LogP contribution in [0.4, 0.5) is 0 Å². The lowest BCUT2D eigenvalue weighted by molar-refractivity contribution is 0.221. The summed E-state index contributed by atoms with van der Waals surface area (Å²) < 4.78 is 0. The second kappa shape index (κ2) is 10.9. The predicted molar refractivity (Wildman–Crippen MR) is 62.5 cm³/mol. The smallest absolute Gasteiger partial charge is 0.114 e. The van der Waals surface area contributed by atoms with Crippen molar-refractivity contribution >= 4 is 11.6 Å². The molecule has 1 N–H and O–H groups in total. The molecule has 0 amide bonds. The summed E-state index contributed by atoms with van der Waals surface area (Å²) in [5.41, 5.74) is 0. The van der Waals surface area contributed by atoms with Gasteiger partial charge in [0.1, 0.15) is 6.10 Å². The Kier molecular flexibility index (Phi) is 10.7. The van der Waals surface area contributed by atoms with Crippen molar-refractivity contribution in [2.24, 2.45) is 0 Å². The fraction of sp³-hybridized carbons (Fsp3) is 0.833. The Balaban J connectivity index is 3.31. The van der Waals surface area contributed by atoms with Gasteiger partial charge in [0.25, 0.3) is 0 Å². The van der Waals surface area contributed by atoms with Gasteiger partial charge in [-0.2, -0.15) is 0 Å². The molecule has 0 aliphatic rings. The van der Waals surface area contributed by atoms with Gasteiger partial charge in [-0.1, -0.05) is 32.1 Å². The van der Waals surface area contributed by atoms with E-state index in [0.717, 1.165) is 19.3 Å². The molecule has 82 valence electrons. The number of aliphatic hydroxyl groups excluding tert-OH is 1. The molecule has 0 aromatic rings. The number of hydrogen-bond donors (Lipinski definition) is 1. The van der Waals surface area contributed by atoms with Gasteiger partial charge in [-0.3, -0.25) is 0 Å². The molecule has 0 rings (SSSR count). The summed E-state index contributed by atoms with van der Waals surface area (Å²) in [6.45, 7) is 2.20. The van der Waals surface area contributed by atoms with Crippen molar-refractivity contribution in [1.82, 2.24) is 0 Å². The first-order chi connectivity index (χ1) is 6.81. The average molecular weight is 217 g/mol. The lowest BCUT2D eigenvalue weighted by Crippen LogP contribution is -2.02. The molecule has 0 bridgehead atoms. The Morgan fingerprint density at radius 2 is 2.00 bits per heavy atom. The predicted octanol–water partition coefficient (Wildman–Crippen LogP) is 3.34. The van der Waals surface area contributed by atoms with Gasteiger partial charge in [-0.05, 0) is 19.3 Å². The third-order valence-corrected chi connectivity index (χ3v) is 2.30. The highest BCUT2D eigenvalue weighted by atomic mass is 35.5. The molecule has 2 heteroatoms. The molecule has 0 aromatic carbocycles. The van der Waals surface area contributed by atoms with Crippen LogP contribution in [0.2, 0.25) is 0 Å². The number of halogens is 1. The van der Waals surface area contributed by atoms with Crippen molar-refractivity contribution in [2.45, 2.75) is 58.0 Å². The van der Waals surface area contributed by atoms with Crippen LogP contribution in [0.1, 0.15) is 51.9 Å². The Hall–Kier alpha value is -0.190. The molecular formula is C12H21ClO. The van der Waals surface area contributed by atoms with Crippen LogP contribution in [0.25, 0.3) is 0 Å². The van der Waals surface area contributed by atoms with Crippen molar-refractivity contribution in [3.63, 3.8) is 0 Å². The third-order valence-electron chi connectivity index (χ3n) is 2.04. The number of aliphatic hydroxyl groups is 1. The van der Waals surface area contributed by atoms with E-state index >= 15 is 0 Å². The van der Waals surface area contributed by atoms with E-state index in [0.29, 0.717) is 12.3 Å². The normalized spacial score (nSPS) is 11.9. The van der Waals surface area contributed by atoms with Crippen molar-refractivity contribution < 1.29 is 5.11 Å². The maximum atomic E-state index is 9.35. The van der Waals surface area contributed by atoms with Crippen LogP contribution in [-0.4, -0.2) is 17.1 Å². The molecule has 0 aromatic heterocycles. The number of unbranched alkanes of at least 4 members (excludes halogenated alkanes) is 4. The summed E-state index contributed by atoms with van der Waals surface area (Å²) in [4.78, 5) is 0. The lowest BCUT2D eigenvalue weighted by atomic mass is 10.1. The van der Waals surface area contributed by atoms with E-state index in [1.165, 1.54) is 19.3 Å². The van der Waals surface area contributed by atoms with Gasteiger partial charge in [0.15, 0.2) is 0 Å². The first-order valence-corrected chi connectivity index (χ1v) is 6.07. The highest BCUT2D eigenvalue weighted by Gasteiger charge is 1.96. The molecule has 0 fully saturated rings. The van der Waals surface area contributed by atoms with Crippen LogP contribution >= 0.6 is 11.6 Å². The van der Waals surface area contributed by atoms with Crippen LogP contribution in [-0.2, 0) is 0 Å². The molecule has 0 radical (unpaired) electrons. The number of rotatable bonds is 7. The van der Waals surface area contributed by atoms with E-state index < -0.39 is 6.10 Å².